The Bertz CT molecular complexity index is 427. The minimum atomic E-state index is -4.12. The molecule has 0 radical (unpaired) electrons. The molecule has 0 amide bonds. The first-order valence-electron chi connectivity index (χ1n) is 7.02. The molecule has 2 nitrogen and oxygen atoms in total. The standard InChI is InChI=1S/C15H21F3N2/c1-19-9-8-12-4-2-3-5-13(12)10-20(14-6-7-14)11-15(16,17)18/h2-5,14,19H,6-11H2,1H3. The lowest BCUT2D eigenvalue weighted by Gasteiger charge is -2.24. The Labute approximate surface area is 118 Å². The van der Waals surface area contributed by atoms with Gasteiger partial charge < -0.3 is 5.32 Å². The van der Waals surface area contributed by atoms with E-state index in [4.69, 9.17) is 0 Å². The van der Waals surface area contributed by atoms with E-state index in [9.17, 15) is 13.2 Å². The van der Waals surface area contributed by atoms with Crippen molar-refractivity contribution in [1.29, 1.82) is 0 Å². The number of hydrogen-bond acceptors (Lipinski definition) is 2. The molecule has 0 bridgehead atoms. The van der Waals surface area contributed by atoms with E-state index in [1.165, 1.54) is 0 Å². The molecular formula is C15H21F3N2. The van der Waals surface area contributed by atoms with E-state index in [1.807, 2.05) is 31.3 Å². The number of alkyl halides is 3. The normalized spacial score (nSPS) is 15.8. The van der Waals surface area contributed by atoms with Crippen LogP contribution in [-0.4, -0.2) is 37.3 Å². The van der Waals surface area contributed by atoms with E-state index in [1.54, 1.807) is 4.90 Å². The third-order valence-electron chi connectivity index (χ3n) is 3.58. The van der Waals surface area contributed by atoms with Crippen LogP contribution < -0.4 is 5.32 Å². The zero-order valence-corrected chi connectivity index (χ0v) is 11.7. The molecule has 1 aliphatic carbocycles. The highest BCUT2D eigenvalue weighted by Gasteiger charge is 2.38. The Balaban J connectivity index is 2.06. The molecule has 1 aromatic rings. The summed E-state index contributed by atoms with van der Waals surface area (Å²) in [7, 11) is 1.88. The van der Waals surface area contributed by atoms with Crippen LogP contribution in [-0.2, 0) is 13.0 Å². The van der Waals surface area contributed by atoms with E-state index < -0.39 is 12.7 Å². The number of nitrogens with one attached hydrogen (secondary N) is 1. The average molecular weight is 286 g/mol. The first-order chi connectivity index (χ1) is 9.49. The first-order valence-corrected chi connectivity index (χ1v) is 7.02. The topological polar surface area (TPSA) is 15.3 Å². The summed E-state index contributed by atoms with van der Waals surface area (Å²) in [6.45, 7) is 0.418. The lowest BCUT2D eigenvalue weighted by molar-refractivity contribution is -0.148. The maximum atomic E-state index is 12.6. The zero-order valence-electron chi connectivity index (χ0n) is 11.7. The van der Waals surface area contributed by atoms with Gasteiger partial charge in [-0.05, 0) is 44.0 Å². The quantitative estimate of drug-likeness (QED) is 0.829. The van der Waals surface area contributed by atoms with Crippen molar-refractivity contribution in [2.24, 2.45) is 0 Å². The summed E-state index contributed by atoms with van der Waals surface area (Å²) in [6.07, 6.45) is -1.51. The van der Waals surface area contributed by atoms with Gasteiger partial charge in [0.2, 0.25) is 0 Å². The summed E-state index contributed by atoms with van der Waals surface area (Å²) >= 11 is 0. The van der Waals surface area contributed by atoms with Crippen LogP contribution >= 0.6 is 0 Å². The third-order valence-corrected chi connectivity index (χ3v) is 3.58. The van der Waals surface area contributed by atoms with E-state index in [0.717, 1.165) is 36.9 Å². The van der Waals surface area contributed by atoms with Crippen molar-refractivity contribution in [1.82, 2.24) is 10.2 Å². The third kappa shape index (κ3) is 4.80. The monoisotopic (exact) mass is 286 g/mol. The van der Waals surface area contributed by atoms with Crippen LogP contribution in [0.25, 0.3) is 0 Å². The van der Waals surface area contributed by atoms with Crippen molar-refractivity contribution < 1.29 is 13.2 Å². The molecule has 0 unspecified atom stereocenters. The van der Waals surface area contributed by atoms with Crippen molar-refractivity contribution in [2.75, 3.05) is 20.1 Å². The Morgan fingerprint density at radius 3 is 2.40 bits per heavy atom. The van der Waals surface area contributed by atoms with Crippen molar-refractivity contribution in [3.8, 4) is 0 Å². The second-order valence-corrected chi connectivity index (χ2v) is 5.37. The average Bonchev–Trinajstić information content (AvgIpc) is 3.19. The fourth-order valence-electron chi connectivity index (χ4n) is 2.42. The van der Waals surface area contributed by atoms with Crippen molar-refractivity contribution >= 4 is 0 Å². The molecule has 20 heavy (non-hydrogen) atoms. The largest absolute Gasteiger partial charge is 0.401 e. The van der Waals surface area contributed by atoms with Gasteiger partial charge in [-0.3, -0.25) is 4.90 Å². The second-order valence-electron chi connectivity index (χ2n) is 5.37. The van der Waals surface area contributed by atoms with Crippen molar-refractivity contribution in [2.45, 2.75) is 38.0 Å². The number of likely N-dealkylation sites (N-methyl/N-ethyl adjacent to an activating group) is 1. The maximum absolute atomic E-state index is 12.6. The smallest absolute Gasteiger partial charge is 0.319 e. The fraction of sp³-hybridized carbons (Fsp3) is 0.600. The molecule has 0 saturated heterocycles. The Morgan fingerprint density at radius 2 is 1.85 bits per heavy atom. The summed E-state index contributed by atoms with van der Waals surface area (Å²) in [6, 6.07) is 7.90. The number of halogens is 3. The van der Waals surface area contributed by atoms with Crippen LogP contribution in [0, 0.1) is 0 Å². The first kappa shape index (κ1) is 15.3. The Kier molecular flexibility index (Phi) is 5.05. The Hall–Kier alpha value is -1.07. The van der Waals surface area contributed by atoms with E-state index in [2.05, 4.69) is 5.32 Å². The molecule has 1 aliphatic rings. The molecule has 0 aromatic heterocycles. The Morgan fingerprint density at radius 1 is 1.20 bits per heavy atom. The molecule has 0 atom stereocenters. The zero-order chi connectivity index (χ0) is 14.6. The highest BCUT2D eigenvalue weighted by atomic mass is 19.4. The van der Waals surface area contributed by atoms with Gasteiger partial charge in [0.25, 0.3) is 0 Å². The summed E-state index contributed by atoms with van der Waals surface area (Å²) in [4.78, 5) is 1.57. The van der Waals surface area contributed by atoms with Gasteiger partial charge >= 0.3 is 6.18 Å². The van der Waals surface area contributed by atoms with Gasteiger partial charge in [-0.25, -0.2) is 0 Å². The molecule has 2 rings (SSSR count). The van der Waals surface area contributed by atoms with Gasteiger partial charge in [-0.15, -0.1) is 0 Å². The summed E-state index contributed by atoms with van der Waals surface area (Å²) in [5, 5.41) is 3.08. The van der Waals surface area contributed by atoms with E-state index in [-0.39, 0.29) is 6.04 Å². The highest BCUT2D eigenvalue weighted by Crippen LogP contribution is 2.31. The lowest BCUT2D eigenvalue weighted by atomic mass is 10.0. The van der Waals surface area contributed by atoms with Gasteiger partial charge in [-0.2, -0.15) is 13.2 Å². The van der Waals surface area contributed by atoms with Gasteiger partial charge in [-0.1, -0.05) is 24.3 Å². The summed E-state index contributed by atoms with van der Waals surface area (Å²) < 4.78 is 37.9. The van der Waals surface area contributed by atoms with E-state index >= 15 is 0 Å². The van der Waals surface area contributed by atoms with Gasteiger partial charge in [0, 0.05) is 12.6 Å². The number of hydrogen-bond donors (Lipinski definition) is 1. The van der Waals surface area contributed by atoms with Crippen molar-refractivity contribution in [3.63, 3.8) is 0 Å². The van der Waals surface area contributed by atoms with Gasteiger partial charge in [0.05, 0.1) is 6.54 Å². The number of benzene rings is 1. The molecule has 1 N–H and O–H groups in total. The van der Waals surface area contributed by atoms with Crippen LogP contribution in [0.3, 0.4) is 0 Å². The molecule has 5 heteroatoms. The lowest BCUT2D eigenvalue weighted by Crippen LogP contribution is -2.35. The molecule has 0 heterocycles. The maximum Gasteiger partial charge on any atom is 0.401 e. The number of rotatable bonds is 7. The molecule has 0 spiro atoms. The predicted octanol–water partition coefficient (Wildman–Crippen LogP) is 2.98. The molecular weight excluding hydrogens is 265 g/mol. The summed E-state index contributed by atoms with van der Waals surface area (Å²) in [5.41, 5.74) is 2.15. The predicted molar refractivity (Wildman–Crippen MR) is 73.6 cm³/mol. The highest BCUT2D eigenvalue weighted by molar-refractivity contribution is 5.27. The fourth-order valence-corrected chi connectivity index (χ4v) is 2.42. The van der Waals surface area contributed by atoms with Crippen LogP contribution in [0.1, 0.15) is 24.0 Å². The molecule has 1 aromatic carbocycles. The van der Waals surface area contributed by atoms with Crippen LogP contribution in [0.2, 0.25) is 0 Å². The molecule has 112 valence electrons. The van der Waals surface area contributed by atoms with Gasteiger partial charge in [0.15, 0.2) is 0 Å². The second kappa shape index (κ2) is 6.59. The summed E-state index contributed by atoms with van der Waals surface area (Å²) in [5.74, 6) is 0. The van der Waals surface area contributed by atoms with Crippen LogP contribution in [0.15, 0.2) is 24.3 Å². The molecule has 0 aliphatic heterocycles. The minimum absolute atomic E-state index is 0.106. The van der Waals surface area contributed by atoms with Crippen molar-refractivity contribution in [3.05, 3.63) is 35.4 Å². The van der Waals surface area contributed by atoms with E-state index in [0.29, 0.717) is 6.54 Å². The SMILES string of the molecule is CNCCc1ccccc1CN(CC(F)(F)F)C1CC1. The van der Waals surface area contributed by atoms with Crippen LogP contribution in [0.4, 0.5) is 13.2 Å². The van der Waals surface area contributed by atoms with Gasteiger partial charge in [0.1, 0.15) is 0 Å². The number of nitrogens with zero attached hydrogens (tertiary/aromatic N) is 1. The minimum Gasteiger partial charge on any atom is -0.319 e. The van der Waals surface area contributed by atoms with Crippen LogP contribution in [0.5, 0.6) is 0 Å². The molecule has 1 fully saturated rings. The molecule has 1 saturated carbocycles.